The third kappa shape index (κ3) is 4.65. The van der Waals surface area contributed by atoms with Crippen molar-refractivity contribution in [1.82, 2.24) is 0 Å². The number of nitrogens with one attached hydrogen (secondary N) is 1. The fourth-order valence-electron chi connectivity index (χ4n) is 1.81. The fraction of sp³-hybridized carbons (Fsp3) is 0.235. The number of hydrogen-bond donors (Lipinski definition) is 1. The van der Waals surface area contributed by atoms with Crippen LogP contribution in [0.3, 0.4) is 0 Å². The zero-order valence-corrected chi connectivity index (χ0v) is 13.7. The summed E-state index contributed by atoms with van der Waals surface area (Å²) in [7, 11) is 0. The molecule has 0 bridgehead atoms. The summed E-state index contributed by atoms with van der Waals surface area (Å²) in [5.41, 5.74) is 1.15. The largest absolute Gasteiger partial charge is 0.494 e. The van der Waals surface area contributed by atoms with Crippen LogP contribution in [0.2, 0.25) is 10.0 Å². The molecular weight excluding hydrogens is 321 g/mol. The summed E-state index contributed by atoms with van der Waals surface area (Å²) in [5, 5.41) is 3.63. The zero-order valence-electron chi connectivity index (χ0n) is 12.2. The first-order valence-corrected chi connectivity index (χ1v) is 7.85. The van der Waals surface area contributed by atoms with E-state index < -0.39 is 0 Å². The van der Waals surface area contributed by atoms with Crippen molar-refractivity contribution < 1.29 is 9.53 Å². The fourth-order valence-corrected chi connectivity index (χ4v) is 2.11. The van der Waals surface area contributed by atoms with Gasteiger partial charge in [0.05, 0.1) is 16.7 Å². The molecule has 5 heteroatoms. The van der Waals surface area contributed by atoms with Crippen molar-refractivity contribution in [2.45, 2.75) is 19.8 Å². The third-order valence-electron chi connectivity index (χ3n) is 3.06. The predicted molar refractivity (Wildman–Crippen MR) is 91.3 cm³/mol. The second-order valence-corrected chi connectivity index (χ2v) is 5.62. The molecule has 0 saturated heterocycles. The van der Waals surface area contributed by atoms with Crippen molar-refractivity contribution >= 4 is 34.8 Å². The van der Waals surface area contributed by atoms with Gasteiger partial charge in [0.15, 0.2) is 0 Å². The lowest BCUT2D eigenvalue weighted by atomic mass is 10.2. The van der Waals surface area contributed by atoms with Gasteiger partial charge in [-0.15, -0.1) is 0 Å². The van der Waals surface area contributed by atoms with Gasteiger partial charge in [-0.25, -0.2) is 0 Å². The molecule has 0 aromatic heterocycles. The minimum absolute atomic E-state index is 0.210. The summed E-state index contributed by atoms with van der Waals surface area (Å²) < 4.78 is 5.56. The molecule has 0 saturated carbocycles. The third-order valence-corrected chi connectivity index (χ3v) is 3.80. The molecule has 2 aromatic carbocycles. The summed E-state index contributed by atoms with van der Waals surface area (Å²) in [6.07, 6.45) is 2.10. The van der Waals surface area contributed by atoms with E-state index in [1.54, 1.807) is 42.5 Å². The summed E-state index contributed by atoms with van der Waals surface area (Å²) in [6.45, 7) is 2.80. The number of unbranched alkanes of at least 4 members (excludes halogenated alkanes) is 1. The highest BCUT2D eigenvalue weighted by Gasteiger charge is 2.07. The Morgan fingerprint density at radius 3 is 2.45 bits per heavy atom. The van der Waals surface area contributed by atoms with Crippen molar-refractivity contribution in [3.05, 3.63) is 58.1 Å². The normalized spacial score (nSPS) is 10.3. The van der Waals surface area contributed by atoms with Gasteiger partial charge < -0.3 is 10.1 Å². The van der Waals surface area contributed by atoms with Gasteiger partial charge in [-0.05, 0) is 48.9 Å². The molecule has 0 spiro atoms. The predicted octanol–water partition coefficient (Wildman–Crippen LogP) is 5.42. The molecule has 0 aliphatic rings. The molecule has 1 amide bonds. The standard InChI is InChI=1S/C17H17Cl2NO2/c1-2-3-10-22-14-7-4-12(5-8-14)17(21)20-13-6-9-15(18)16(19)11-13/h4-9,11H,2-3,10H2,1H3,(H,20,21). The van der Waals surface area contributed by atoms with Crippen LogP contribution in [0.25, 0.3) is 0 Å². The first kappa shape index (κ1) is 16.7. The van der Waals surface area contributed by atoms with E-state index in [4.69, 9.17) is 27.9 Å². The quantitative estimate of drug-likeness (QED) is 0.714. The lowest BCUT2D eigenvalue weighted by Gasteiger charge is -2.08. The van der Waals surface area contributed by atoms with Gasteiger partial charge in [-0.3, -0.25) is 4.79 Å². The number of anilines is 1. The molecule has 2 aromatic rings. The van der Waals surface area contributed by atoms with E-state index in [0.717, 1.165) is 18.6 Å². The number of rotatable bonds is 6. The van der Waals surface area contributed by atoms with Gasteiger partial charge in [-0.1, -0.05) is 36.5 Å². The number of hydrogen-bond acceptors (Lipinski definition) is 2. The number of benzene rings is 2. The Labute approximate surface area is 140 Å². The number of halogens is 2. The van der Waals surface area contributed by atoms with Crippen LogP contribution in [0.4, 0.5) is 5.69 Å². The molecule has 3 nitrogen and oxygen atoms in total. The maximum atomic E-state index is 12.2. The first-order chi connectivity index (χ1) is 10.6. The van der Waals surface area contributed by atoms with Gasteiger partial charge in [-0.2, -0.15) is 0 Å². The smallest absolute Gasteiger partial charge is 0.255 e. The van der Waals surface area contributed by atoms with Crippen LogP contribution in [0, 0.1) is 0 Å². The lowest BCUT2D eigenvalue weighted by Crippen LogP contribution is -2.11. The minimum Gasteiger partial charge on any atom is -0.494 e. The van der Waals surface area contributed by atoms with Crippen LogP contribution in [0.5, 0.6) is 5.75 Å². The average molecular weight is 338 g/mol. The van der Waals surface area contributed by atoms with Crippen LogP contribution in [0.1, 0.15) is 30.1 Å². The number of carbonyl (C=O) groups is 1. The van der Waals surface area contributed by atoms with Crippen LogP contribution >= 0.6 is 23.2 Å². The lowest BCUT2D eigenvalue weighted by molar-refractivity contribution is 0.102. The summed E-state index contributed by atoms with van der Waals surface area (Å²) in [6, 6.07) is 12.0. The molecule has 0 fully saturated rings. The van der Waals surface area contributed by atoms with Crippen molar-refractivity contribution in [3.63, 3.8) is 0 Å². The van der Waals surface area contributed by atoms with E-state index in [1.165, 1.54) is 0 Å². The summed E-state index contributed by atoms with van der Waals surface area (Å²) in [4.78, 5) is 12.2. The van der Waals surface area contributed by atoms with Gasteiger partial charge in [0.1, 0.15) is 5.75 Å². The molecule has 2 rings (SSSR count). The highest BCUT2D eigenvalue weighted by molar-refractivity contribution is 6.42. The number of ether oxygens (including phenoxy) is 1. The monoisotopic (exact) mass is 337 g/mol. The SMILES string of the molecule is CCCCOc1ccc(C(=O)Nc2ccc(Cl)c(Cl)c2)cc1. The molecule has 0 aliphatic heterocycles. The molecule has 0 radical (unpaired) electrons. The molecule has 116 valence electrons. The van der Waals surface area contributed by atoms with Gasteiger partial charge >= 0.3 is 0 Å². The Morgan fingerprint density at radius 2 is 1.82 bits per heavy atom. The Bertz CT molecular complexity index is 642. The van der Waals surface area contributed by atoms with Crippen LogP contribution in [-0.4, -0.2) is 12.5 Å². The minimum atomic E-state index is -0.210. The molecule has 0 unspecified atom stereocenters. The Balaban J connectivity index is 1.98. The summed E-state index contributed by atoms with van der Waals surface area (Å²) in [5.74, 6) is 0.554. The van der Waals surface area contributed by atoms with Crippen LogP contribution in [0.15, 0.2) is 42.5 Å². The molecular formula is C17H17Cl2NO2. The van der Waals surface area contributed by atoms with Crippen molar-refractivity contribution in [3.8, 4) is 5.75 Å². The molecule has 0 heterocycles. The maximum absolute atomic E-state index is 12.2. The molecule has 0 aliphatic carbocycles. The average Bonchev–Trinajstić information content (AvgIpc) is 2.52. The van der Waals surface area contributed by atoms with Gasteiger partial charge in [0.25, 0.3) is 5.91 Å². The topological polar surface area (TPSA) is 38.3 Å². The second-order valence-electron chi connectivity index (χ2n) is 4.81. The Morgan fingerprint density at radius 1 is 1.09 bits per heavy atom. The zero-order chi connectivity index (χ0) is 15.9. The van der Waals surface area contributed by atoms with Gasteiger partial charge in [0, 0.05) is 11.3 Å². The van der Waals surface area contributed by atoms with Crippen molar-refractivity contribution in [1.29, 1.82) is 0 Å². The Kier molecular flexibility index (Phi) is 6.10. The van der Waals surface area contributed by atoms with Gasteiger partial charge in [0.2, 0.25) is 0 Å². The maximum Gasteiger partial charge on any atom is 0.255 e. The van der Waals surface area contributed by atoms with Crippen molar-refractivity contribution in [2.24, 2.45) is 0 Å². The van der Waals surface area contributed by atoms with Crippen molar-refractivity contribution in [2.75, 3.05) is 11.9 Å². The number of carbonyl (C=O) groups excluding carboxylic acids is 1. The van der Waals surface area contributed by atoms with Crippen LogP contribution in [-0.2, 0) is 0 Å². The molecule has 22 heavy (non-hydrogen) atoms. The van der Waals surface area contributed by atoms with E-state index in [9.17, 15) is 4.79 Å². The van der Waals surface area contributed by atoms with E-state index in [2.05, 4.69) is 12.2 Å². The van der Waals surface area contributed by atoms with E-state index in [-0.39, 0.29) is 5.91 Å². The molecule has 0 atom stereocenters. The van der Waals surface area contributed by atoms with Crippen LogP contribution < -0.4 is 10.1 Å². The first-order valence-electron chi connectivity index (χ1n) is 7.09. The Hall–Kier alpha value is -1.71. The summed E-state index contributed by atoms with van der Waals surface area (Å²) >= 11 is 11.8. The second kappa shape index (κ2) is 8.06. The highest BCUT2D eigenvalue weighted by Crippen LogP contribution is 2.25. The van der Waals surface area contributed by atoms with E-state index in [0.29, 0.717) is 27.9 Å². The highest BCUT2D eigenvalue weighted by atomic mass is 35.5. The number of amides is 1. The molecule has 1 N–H and O–H groups in total. The van der Waals surface area contributed by atoms with E-state index in [1.807, 2.05) is 0 Å². The van der Waals surface area contributed by atoms with E-state index >= 15 is 0 Å².